The number of methoxy groups -OCH3 is 1. The van der Waals surface area contributed by atoms with Gasteiger partial charge >= 0.3 is 0 Å². The lowest BCUT2D eigenvalue weighted by molar-refractivity contribution is -0.0513. The zero-order valence-electron chi connectivity index (χ0n) is 11.9. The van der Waals surface area contributed by atoms with Crippen molar-refractivity contribution >= 4 is 16.8 Å². The van der Waals surface area contributed by atoms with Crippen molar-refractivity contribution in [3.63, 3.8) is 0 Å². The number of para-hydroxylation sites is 1. The van der Waals surface area contributed by atoms with E-state index < -0.39 is 6.10 Å². The van der Waals surface area contributed by atoms with Gasteiger partial charge in [0.25, 0.3) is 5.91 Å². The molecule has 0 unspecified atom stereocenters. The number of benzene rings is 1. The van der Waals surface area contributed by atoms with Crippen molar-refractivity contribution in [2.24, 2.45) is 0 Å². The van der Waals surface area contributed by atoms with E-state index in [0.29, 0.717) is 5.69 Å². The number of carbonyl (C=O) groups excluding carboxylic acids is 1. The average Bonchev–Trinajstić information content (AvgIpc) is 2.93. The first-order valence-corrected chi connectivity index (χ1v) is 7.15. The second-order valence-electron chi connectivity index (χ2n) is 5.39. The second-order valence-corrected chi connectivity index (χ2v) is 5.39. The summed E-state index contributed by atoms with van der Waals surface area (Å²) >= 11 is 0. The van der Waals surface area contributed by atoms with Crippen LogP contribution in [0.25, 0.3) is 10.9 Å². The summed E-state index contributed by atoms with van der Waals surface area (Å²) in [7, 11) is 1.58. The standard InChI is InChI=1S/C15H19N3O3/c1-21-12-8-4-7-11(14(12)19)16-15(20)13-9-5-2-3-6-10(9)17-18-13/h2-3,5-6,11-12,14,19H,4,7-8H2,1H3,(H,16,20)(H,17,18)/t11-,12-,14-/m1/s1. The van der Waals surface area contributed by atoms with E-state index in [9.17, 15) is 9.90 Å². The summed E-state index contributed by atoms with van der Waals surface area (Å²) < 4.78 is 5.25. The van der Waals surface area contributed by atoms with Crippen LogP contribution in [0.1, 0.15) is 29.8 Å². The van der Waals surface area contributed by atoms with Crippen molar-refractivity contribution in [3.8, 4) is 0 Å². The van der Waals surface area contributed by atoms with E-state index in [2.05, 4.69) is 15.5 Å². The van der Waals surface area contributed by atoms with Gasteiger partial charge < -0.3 is 15.2 Å². The quantitative estimate of drug-likeness (QED) is 0.793. The van der Waals surface area contributed by atoms with Crippen LogP contribution in [0.3, 0.4) is 0 Å². The molecule has 0 radical (unpaired) electrons. The molecule has 6 heteroatoms. The number of aliphatic hydroxyl groups is 1. The van der Waals surface area contributed by atoms with Gasteiger partial charge in [0.2, 0.25) is 0 Å². The van der Waals surface area contributed by atoms with E-state index >= 15 is 0 Å². The third-order valence-corrected chi connectivity index (χ3v) is 4.10. The maximum Gasteiger partial charge on any atom is 0.272 e. The van der Waals surface area contributed by atoms with Gasteiger partial charge in [-0.2, -0.15) is 5.10 Å². The van der Waals surface area contributed by atoms with Gasteiger partial charge in [0, 0.05) is 12.5 Å². The van der Waals surface area contributed by atoms with Gasteiger partial charge in [-0.05, 0) is 25.3 Å². The highest BCUT2D eigenvalue weighted by molar-refractivity contribution is 6.04. The van der Waals surface area contributed by atoms with Crippen LogP contribution in [0.15, 0.2) is 24.3 Å². The Bertz CT molecular complexity index is 640. The number of nitrogens with one attached hydrogen (secondary N) is 2. The predicted molar refractivity (Wildman–Crippen MR) is 78.0 cm³/mol. The molecule has 1 saturated carbocycles. The van der Waals surface area contributed by atoms with E-state index in [1.165, 1.54) is 0 Å². The van der Waals surface area contributed by atoms with Gasteiger partial charge in [0.15, 0.2) is 5.69 Å². The fourth-order valence-corrected chi connectivity index (χ4v) is 2.93. The van der Waals surface area contributed by atoms with Crippen molar-refractivity contribution in [1.82, 2.24) is 15.5 Å². The van der Waals surface area contributed by atoms with Gasteiger partial charge in [-0.15, -0.1) is 0 Å². The molecule has 112 valence electrons. The highest BCUT2D eigenvalue weighted by atomic mass is 16.5. The van der Waals surface area contributed by atoms with Gasteiger partial charge in [0.1, 0.15) is 6.10 Å². The number of nitrogens with zero attached hydrogens (tertiary/aromatic N) is 1. The fourth-order valence-electron chi connectivity index (χ4n) is 2.93. The minimum Gasteiger partial charge on any atom is -0.388 e. The highest BCUT2D eigenvalue weighted by Gasteiger charge is 2.33. The van der Waals surface area contributed by atoms with Crippen LogP contribution in [-0.2, 0) is 4.74 Å². The SMILES string of the molecule is CO[C@@H]1CCC[C@@H](NC(=O)c2n[nH]c3ccccc23)[C@H]1O. The summed E-state index contributed by atoms with van der Waals surface area (Å²) in [6.07, 6.45) is 1.57. The molecule has 3 N–H and O–H groups in total. The molecule has 1 aromatic carbocycles. The predicted octanol–water partition coefficient (Wildman–Crippen LogP) is 1.22. The monoisotopic (exact) mass is 289 g/mol. The number of H-pyrrole nitrogens is 1. The topological polar surface area (TPSA) is 87.2 Å². The Kier molecular flexibility index (Phi) is 3.90. The number of fused-ring (bicyclic) bond motifs is 1. The molecule has 3 atom stereocenters. The van der Waals surface area contributed by atoms with E-state index in [4.69, 9.17) is 4.74 Å². The summed E-state index contributed by atoms with van der Waals surface area (Å²) in [5.74, 6) is -0.270. The van der Waals surface area contributed by atoms with Crippen molar-refractivity contribution in [2.45, 2.75) is 37.5 Å². The first-order chi connectivity index (χ1) is 10.2. The molecule has 0 saturated heterocycles. The molecular formula is C15H19N3O3. The number of ether oxygens (including phenoxy) is 1. The van der Waals surface area contributed by atoms with Gasteiger partial charge in [-0.1, -0.05) is 18.2 Å². The highest BCUT2D eigenvalue weighted by Crippen LogP contribution is 2.22. The molecule has 1 amide bonds. The first-order valence-electron chi connectivity index (χ1n) is 7.15. The largest absolute Gasteiger partial charge is 0.388 e. The Hall–Kier alpha value is -1.92. The Labute approximate surface area is 122 Å². The van der Waals surface area contributed by atoms with Crippen LogP contribution in [0.4, 0.5) is 0 Å². The third kappa shape index (κ3) is 2.64. The molecule has 21 heavy (non-hydrogen) atoms. The number of aromatic nitrogens is 2. The zero-order chi connectivity index (χ0) is 14.8. The Morgan fingerprint density at radius 2 is 2.24 bits per heavy atom. The van der Waals surface area contributed by atoms with Gasteiger partial charge in [0.05, 0.1) is 17.7 Å². The maximum atomic E-state index is 12.4. The van der Waals surface area contributed by atoms with Crippen LogP contribution in [0, 0.1) is 0 Å². The molecule has 0 bridgehead atoms. The lowest BCUT2D eigenvalue weighted by Gasteiger charge is -2.34. The summed E-state index contributed by atoms with van der Waals surface area (Å²) in [5.41, 5.74) is 1.18. The minimum absolute atomic E-state index is 0.222. The van der Waals surface area contributed by atoms with Crippen LogP contribution in [-0.4, -0.2) is 46.6 Å². The molecule has 1 aromatic heterocycles. The first kappa shape index (κ1) is 14.0. The minimum atomic E-state index is -0.682. The normalized spacial score (nSPS) is 25.9. The molecule has 1 fully saturated rings. The smallest absolute Gasteiger partial charge is 0.272 e. The van der Waals surface area contributed by atoms with Crippen molar-refractivity contribution in [2.75, 3.05) is 7.11 Å². The second kappa shape index (κ2) is 5.83. The van der Waals surface area contributed by atoms with E-state index in [1.807, 2.05) is 24.3 Å². The zero-order valence-corrected chi connectivity index (χ0v) is 11.9. The summed E-state index contributed by atoms with van der Waals surface area (Å²) in [5, 5.41) is 20.8. The summed E-state index contributed by atoms with van der Waals surface area (Å²) in [6.45, 7) is 0. The number of rotatable bonds is 3. The van der Waals surface area contributed by atoms with E-state index in [1.54, 1.807) is 7.11 Å². The van der Waals surface area contributed by atoms with Crippen LogP contribution >= 0.6 is 0 Å². The lowest BCUT2D eigenvalue weighted by Crippen LogP contribution is -2.51. The maximum absolute atomic E-state index is 12.4. The van der Waals surface area contributed by atoms with Crippen LogP contribution < -0.4 is 5.32 Å². The number of amides is 1. The van der Waals surface area contributed by atoms with E-state index in [0.717, 1.165) is 30.2 Å². The number of aliphatic hydroxyl groups excluding tert-OH is 1. The molecule has 2 aromatic rings. The Morgan fingerprint density at radius 1 is 1.43 bits per heavy atom. The molecule has 1 aliphatic rings. The van der Waals surface area contributed by atoms with Gasteiger partial charge in [-0.25, -0.2) is 0 Å². The molecule has 3 rings (SSSR count). The number of carbonyl (C=O) groups is 1. The number of aromatic amines is 1. The lowest BCUT2D eigenvalue weighted by atomic mass is 9.90. The van der Waals surface area contributed by atoms with Crippen molar-refractivity contribution in [3.05, 3.63) is 30.0 Å². The molecule has 0 spiro atoms. The third-order valence-electron chi connectivity index (χ3n) is 4.10. The molecule has 1 heterocycles. The van der Waals surface area contributed by atoms with Gasteiger partial charge in [-0.3, -0.25) is 9.89 Å². The number of hydrogen-bond acceptors (Lipinski definition) is 4. The van der Waals surface area contributed by atoms with Crippen molar-refractivity contribution in [1.29, 1.82) is 0 Å². The molecule has 1 aliphatic carbocycles. The molecular weight excluding hydrogens is 270 g/mol. The Balaban J connectivity index is 1.77. The van der Waals surface area contributed by atoms with Crippen LogP contribution in [0.5, 0.6) is 0 Å². The number of hydrogen-bond donors (Lipinski definition) is 3. The van der Waals surface area contributed by atoms with Crippen molar-refractivity contribution < 1.29 is 14.6 Å². The molecule has 6 nitrogen and oxygen atoms in total. The average molecular weight is 289 g/mol. The summed E-state index contributed by atoms with van der Waals surface area (Å²) in [6, 6.07) is 7.17. The molecule has 0 aliphatic heterocycles. The Morgan fingerprint density at radius 3 is 3.05 bits per heavy atom. The summed E-state index contributed by atoms with van der Waals surface area (Å²) in [4.78, 5) is 12.4. The fraction of sp³-hybridized carbons (Fsp3) is 0.467. The van der Waals surface area contributed by atoms with E-state index in [-0.39, 0.29) is 18.1 Å². The van der Waals surface area contributed by atoms with Crippen LogP contribution in [0.2, 0.25) is 0 Å².